The van der Waals surface area contributed by atoms with Crippen molar-refractivity contribution in [1.82, 2.24) is 9.97 Å². The van der Waals surface area contributed by atoms with Crippen molar-refractivity contribution in [2.24, 2.45) is 11.8 Å². The smallest absolute Gasteiger partial charge is 0.306 e. The van der Waals surface area contributed by atoms with Gasteiger partial charge in [-0.25, -0.2) is 0 Å². The van der Waals surface area contributed by atoms with Gasteiger partial charge < -0.3 is 24.8 Å². The maximum absolute atomic E-state index is 12.0. The van der Waals surface area contributed by atoms with Crippen LogP contribution in [0, 0.1) is 11.8 Å². The molecule has 0 bridgehead atoms. The molecule has 0 saturated heterocycles. The lowest BCUT2D eigenvalue weighted by Crippen LogP contribution is -2.23. The topological polar surface area (TPSA) is 139 Å². The summed E-state index contributed by atoms with van der Waals surface area (Å²) in [7, 11) is 0. The van der Waals surface area contributed by atoms with Gasteiger partial charge in [0.1, 0.15) is 6.10 Å². The van der Waals surface area contributed by atoms with E-state index >= 15 is 0 Å². The summed E-state index contributed by atoms with van der Waals surface area (Å²) in [5.74, 6) is 0.366. The number of carbonyl (C=O) groups excluding carboxylic acids is 2. The molecule has 1 aromatic heterocycles. The molecule has 3 atom stereocenters. The van der Waals surface area contributed by atoms with E-state index in [0.717, 1.165) is 38.5 Å². The number of aliphatic hydroxyl groups is 3. The normalized spacial score (nSPS) is 19.6. The number of aromatic nitrogens is 2. The summed E-state index contributed by atoms with van der Waals surface area (Å²) in [5, 5.41) is 30.9. The highest BCUT2D eigenvalue weighted by atomic mass is 16.5. The summed E-state index contributed by atoms with van der Waals surface area (Å²) in [4.78, 5) is 32.4. The molecule has 2 fully saturated rings. The molecule has 0 aliphatic heterocycles. The van der Waals surface area contributed by atoms with Crippen LogP contribution in [0.15, 0.2) is 12.4 Å². The first kappa shape index (κ1) is 29.5. The van der Waals surface area contributed by atoms with Gasteiger partial charge in [0.05, 0.1) is 43.0 Å². The zero-order chi connectivity index (χ0) is 26.5. The lowest BCUT2D eigenvalue weighted by Gasteiger charge is -2.21. The average molecular weight is 521 g/mol. The van der Waals surface area contributed by atoms with E-state index < -0.39 is 18.3 Å². The maximum Gasteiger partial charge on any atom is 0.306 e. The SMILES string of the molecule is O=C(CC1CCCCC1)OCC[C@@H](O)Cc1cnc([C@@H](O)[C@H](O)CCOC(=O)CC2CCCCC2)cn1. The van der Waals surface area contributed by atoms with Crippen LogP contribution in [-0.2, 0) is 25.5 Å². The Morgan fingerprint density at radius 3 is 1.84 bits per heavy atom. The molecule has 0 spiro atoms. The average Bonchev–Trinajstić information content (AvgIpc) is 2.90. The molecule has 2 aliphatic carbocycles. The highest BCUT2D eigenvalue weighted by Crippen LogP contribution is 2.27. The van der Waals surface area contributed by atoms with E-state index in [4.69, 9.17) is 9.47 Å². The predicted octanol–water partition coefficient (Wildman–Crippen LogP) is 3.58. The summed E-state index contributed by atoms with van der Waals surface area (Å²) in [5.41, 5.74) is 0.735. The third kappa shape index (κ3) is 11.0. The minimum Gasteiger partial charge on any atom is -0.466 e. The Balaban J connectivity index is 1.30. The fraction of sp³-hybridized carbons (Fsp3) is 0.786. The van der Waals surface area contributed by atoms with Gasteiger partial charge in [0.15, 0.2) is 0 Å². The number of hydrogen-bond acceptors (Lipinski definition) is 9. The van der Waals surface area contributed by atoms with E-state index in [9.17, 15) is 24.9 Å². The zero-order valence-electron chi connectivity index (χ0n) is 21.9. The van der Waals surface area contributed by atoms with E-state index in [2.05, 4.69) is 9.97 Å². The molecular formula is C28H44N2O7. The first-order valence-electron chi connectivity index (χ1n) is 14.1. The van der Waals surface area contributed by atoms with Crippen molar-refractivity contribution in [2.45, 2.75) is 115 Å². The lowest BCUT2D eigenvalue weighted by molar-refractivity contribution is -0.147. The Morgan fingerprint density at radius 1 is 0.784 bits per heavy atom. The number of hydrogen-bond donors (Lipinski definition) is 3. The molecule has 3 rings (SSSR count). The van der Waals surface area contributed by atoms with Gasteiger partial charge in [0, 0.05) is 38.3 Å². The molecule has 0 amide bonds. The van der Waals surface area contributed by atoms with Gasteiger partial charge in [-0.3, -0.25) is 19.6 Å². The maximum atomic E-state index is 12.0. The molecule has 0 unspecified atom stereocenters. The van der Waals surface area contributed by atoms with Crippen LogP contribution in [0.5, 0.6) is 0 Å². The van der Waals surface area contributed by atoms with Gasteiger partial charge in [0.25, 0.3) is 0 Å². The van der Waals surface area contributed by atoms with E-state index in [-0.39, 0.29) is 43.7 Å². The Labute approximate surface area is 220 Å². The first-order chi connectivity index (χ1) is 17.9. The van der Waals surface area contributed by atoms with Crippen molar-refractivity contribution in [3.63, 3.8) is 0 Å². The van der Waals surface area contributed by atoms with Crippen LogP contribution in [0.1, 0.15) is 107 Å². The fourth-order valence-corrected chi connectivity index (χ4v) is 5.30. The van der Waals surface area contributed by atoms with E-state index in [0.29, 0.717) is 36.8 Å². The number of esters is 2. The minimum absolute atomic E-state index is 0.0344. The monoisotopic (exact) mass is 520 g/mol. The molecular weight excluding hydrogens is 476 g/mol. The largest absolute Gasteiger partial charge is 0.466 e. The number of aliphatic hydroxyl groups excluding tert-OH is 3. The van der Waals surface area contributed by atoms with E-state index in [1.807, 2.05) is 0 Å². The molecule has 0 radical (unpaired) electrons. The summed E-state index contributed by atoms with van der Waals surface area (Å²) >= 11 is 0. The van der Waals surface area contributed by atoms with Crippen molar-refractivity contribution in [3.8, 4) is 0 Å². The summed E-state index contributed by atoms with van der Waals surface area (Å²) in [6.07, 6.45) is 12.7. The van der Waals surface area contributed by atoms with Crippen molar-refractivity contribution in [1.29, 1.82) is 0 Å². The zero-order valence-corrected chi connectivity index (χ0v) is 21.9. The van der Waals surface area contributed by atoms with Crippen LogP contribution in [0.4, 0.5) is 0 Å². The quantitative estimate of drug-likeness (QED) is 0.314. The molecule has 1 heterocycles. The van der Waals surface area contributed by atoms with Crippen LogP contribution in [0.2, 0.25) is 0 Å². The number of nitrogens with zero attached hydrogens (tertiary/aromatic N) is 2. The van der Waals surface area contributed by atoms with Gasteiger partial charge in [0.2, 0.25) is 0 Å². The van der Waals surface area contributed by atoms with Crippen molar-refractivity contribution in [2.75, 3.05) is 13.2 Å². The molecule has 1 aromatic rings. The molecule has 37 heavy (non-hydrogen) atoms. The van der Waals surface area contributed by atoms with Gasteiger partial charge in [-0.2, -0.15) is 0 Å². The Hall–Kier alpha value is -2.10. The molecule has 2 aliphatic rings. The van der Waals surface area contributed by atoms with Crippen LogP contribution in [0.3, 0.4) is 0 Å². The summed E-state index contributed by atoms with van der Waals surface area (Å²) in [6.45, 7) is 0.196. The van der Waals surface area contributed by atoms with Crippen LogP contribution in [0.25, 0.3) is 0 Å². The molecule has 208 valence electrons. The second-order valence-electron chi connectivity index (χ2n) is 10.7. The van der Waals surface area contributed by atoms with E-state index in [1.165, 1.54) is 38.1 Å². The number of carbonyl (C=O) groups is 2. The third-order valence-corrected chi connectivity index (χ3v) is 7.59. The van der Waals surface area contributed by atoms with Crippen molar-refractivity contribution < 1.29 is 34.4 Å². The molecule has 2 saturated carbocycles. The number of rotatable bonds is 14. The lowest BCUT2D eigenvalue weighted by atomic mass is 9.87. The van der Waals surface area contributed by atoms with Gasteiger partial charge in [-0.15, -0.1) is 0 Å². The van der Waals surface area contributed by atoms with Crippen LogP contribution in [-0.4, -0.2) is 62.6 Å². The number of ether oxygens (including phenoxy) is 2. The van der Waals surface area contributed by atoms with Gasteiger partial charge >= 0.3 is 11.9 Å². The van der Waals surface area contributed by atoms with Crippen LogP contribution >= 0.6 is 0 Å². The standard InChI is InChI=1S/C28H44N2O7/c31-23(11-13-36-26(33)15-20-7-3-1-4-8-20)17-22-18-30-24(19-29-22)28(35)25(32)12-14-37-27(34)16-21-9-5-2-6-10-21/h18-21,23,25,28,31-32,35H,1-17H2/t23-,25-,28-/m1/s1. The minimum atomic E-state index is -1.26. The van der Waals surface area contributed by atoms with Crippen LogP contribution < -0.4 is 0 Å². The van der Waals surface area contributed by atoms with E-state index in [1.54, 1.807) is 0 Å². The summed E-state index contributed by atoms with van der Waals surface area (Å²) in [6, 6.07) is 0. The van der Waals surface area contributed by atoms with Crippen molar-refractivity contribution >= 4 is 11.9 Å². The Bertz CT molecular complexity index is 807. The Morgan fingerprint density at radius 2 is 1.32 bits per heavy atom. The molecule has 3 N–H and O–H groups in total. The van der Waals surface area contributed by atoms with Gasteiger partial charge in [-0.1, -0.05) is 38.5 Å². The highest BCUT2D eigenvalue weighted by Gasteiger charge is 2.22. The predicted molar refractivity (Wildman–Crippen MR) is 136 cm³/mol. The second kappa shape index (κ2) is 16.0. The second-order valence-corrected chi connectivity index (χ2v) is 10.7. The molecule has 9 nitrogen and oxygen atoms in total. The van der Waals surface area contributed by atoms with Crippen molar-refractivity contribution in [3.05, 3.63) is 23.8 Å². The fourth-order valence-electron chi connectivity index (χ4n) is 5.30. The van der Waals surface area contributed by atoms with Gasteiger partial charge in [-0.05, 0) is 37.5 Å². The molecule has 0 aromatic carbocycles. The highest BCUT2D eigenvalue weighted by molar-refractivity contribution is 5.70. The summed E-state index contributed by atoms with van der Waals surface area (Å²) < 4.78 is 10.5. The third-order valence-electron chi connectivity index (χ3n) is 7.59. The first-order valence-corrected chi connectivity index (χ1v) is 14.1. The Kier molecular flexibility index (Phi) is 12.7. The molecule has 9 heteroatoms.